The lowest BCUT2D eigenvalue weighted by molar-refractivity contribution is 0.150. The summed E-state index contributed by atoms with van der Waals surface area (Å²) in [5.74, 6) is -1.04. The third-order valence-corrected chi connectivity index (χ3v) is 3.05. The summed E-state index contributed by atoms with van der Waals surface area (Å²) >= 11 is 0. The molecule has 1 atom stereocenters. The Labute approximate surface area is 99.8 Å². The van der Waals surface area contributed by atoms with Crippen molar-refractivity contribution in [3.05, 3.63) is 35.4 Å². The maximum Gasteiger partial charge on any atom is 0.132 e. The van der Waals surface area contributed by atoms with Crippen molar-refractivity contribution in [1.29, 1.82) is 0 Å². The van der Waals surface area contributed by atoms with E-state index in [-0.39, 0.29) is 6.17 Å². The second-order valence-corrected chi connectivity index (χ2v) is 4.14. The van der Waals surface area contributed by atoms with Gasteiger partial charge in [0.2, 0.25) is 0 Å². The Morgan fingerprint density at radius 2 is 2.00 bits per heavy atom. The van der Waals surface area contributed by atoms with E-state index in [4.69, 9.17) is 0 Å². The van der Waals surface area contributed by atoms with E-state index < -0.39 is 11.6 Å². The lowest BCUT2D eigenvalue weighted by atomic mass is 10.1. The maximum atomic E-state index is 13.7. The summed E-state index contributed by atoms with van der Waals surface area (Å²) in [7, 11) is 1.79. The number of rotatable bonds is 3. The molecule has 1 aromatic rings. The van der Waals surface area contributed by atoms with E-state index >= 15 is 0 Å². The van der Waals surface area contributed by atoms with Crippen LogP contribution in [0.3, 0.4) is 0 Å². The molecule has 0 saturated carbocycles. The Balaban J connectivity index is 2.21. The zero-order valence-corrected chi connectivity index (χ0v) is 9.84. The van der Waals surface area contributed by atoms with Gasteiger partial charge in [-0.3, -0.25) is 4.90 Å². The quantitative estimate of drug-likeness (QED) is 0.829. The molecule has 1 heterocycles. The van der Waals surface area contributed by atoms with Gasteiger partial charge < -0.3 is 10.6 Å². The zero-order chi connectivity index (χ0) is 12.3. The third kappa shape index (κ3) is 2.80. The van der Waals surface area contributed by atoms with Crippen LogP contribution in [0.2, 0.25) is 0 Å². The summed E-state index contributed by atoms with van der Waals surface area (Å²) in [4.78, 5) is 2.15. The molecule has 0 spiro atoms. The van der Waals surface area contributed by atoms with Crippen molar-refractivity contribution in [2.75, 3.05) is 33.2 Å². The molecular weight excluding hydrogens is 224 g/mol. The van der Waals surface area contributed by atoms with Gasteiger partial charge in [-0.2, -0.15) is 0 Å². The normalized spacial score (nSPS) is 19.2. The van der Waals surface area contributed by atoms with Crippen LogP contribution < -0.4 is 10.6 Å². The smallest absolute Gasteiger partial charge is 0.132 e. The molecule has 3 nitrogen and oxygen atoms in total. The van der Waals surface area contributed by atoms with Crippen LogP contribution in [-0.4, -0.2) is 38.1 Å². The van der Waals surface area contributed by atoms with Crippen LogP contribution in [0.25, 0.3) is 0 Å². The lowest BCUT2D eigenvalue weighted by Crippen LogP contribution is -2.48. The van der Waals surface area contributed by atoms with Crippen LogP contribution in [-0.2, 0) is 0 Å². The Kier molecular flexibility index (Phi) is 4.04. The number of benzene rings is 1. The zero-order valence-electron chi connectivity index (χ0n) is 9.84. The van der Waals surface area contributed by atoms with Crippen molar-refractivity contribution >= 4 is 0 Å². The molecule has 2 rings (SSSR count). The fraction of sp³-hybridized carbons (Fsp3) is 0.500. The second kappa shape index (κ2) is 5.53. The highest BCUT2D eigenvalue weighted by molar-refractivity contribution is 5.22. The highest BCUT2D eigenvalue weighted by Gasteiger charge is 2.23. The Morgan fingerprint density at radius 1 is 1.29 bits per heavy atom. The van der Waals surface area contributed by atoms with Crippen LogP contribution >= 0.6 is 0 Å². The molecule has 17 heavy (non-hydrogen) atoms. The minimum atomic E-state index is -0.540. The first-order chi connectivity index (χ1) is 8.22. The van der Waals surface area contributed by atoms with Crippen molar-refractivity contribution in [3.63, 3.8) is 0 Å². The number of halogens is 2. The standard InChI is InChI=1S/C12H17F2N3/c1-15-12(17-6-4-16-5-7-17)10-3-2-9(13)8-11(10)14/h2-3,8,12,15-16H,4-7H2,1H3. The van der Waals surface area contributed by atoms with E-state index in [1.54, 1.807) is 7.05 Å². The van der Waals surface area contributed by atoms with Gasteiger partial charge in [0, 0.05) is 37.8 Å². The first-order valence-corrected chi connectivity index (χ1v) is 5.79. The molecule has 1 aliphatic rings. The third-order valence-electron chi connectivity index (χ3n) is 3.05. The molecule has 1 saturated heterocycles. The minimum absolute atomic E-state index is 0.197. The average Bonchev–Trinajstić information content (AvgIpc) is 2.34. The van der Waals surface area contributed by atoms with Gasteiger partial charge >= 0.3 is 0 Å². The summed E-state index contributed by atoms with van der Waals surface area (Å²) in [6.45, 7) is 3.48. The van der Waals surface area contributed by atoms with Gasteiger partial charge in [-0.1, -0.05) is 6.07 Å². The van der Waals surface area contributed by atoms with Gasteiger partial charge in [0.1, 0.15) is 11.6 Å². The van der Waals surface area contributed by atoms with Gasteiger partial charge in [0.05, 0.1) is 6.17 Å². The molecule has 1 aromatic carbocycles. The number of hydrogen-bond donors (Lipinski definition) is 2. The predicted octanol–water partition coefficient (Wildman–Crippen LogP) is 1.09. The molecular formula is C12H17F2N3. The number of nitrogens with one attached hydrogen (secondary N) is 2. The molecule has 2 N–H and O–H groups in total. The topological polar surface area (TPSA) is 27.3 Å². The van der Waals surface area contributed by atoms with E-state index in [0.717, 1.165) is 32.2 Å². The molecule has 0 aliphatic carbocycles. The highest BCUT2D eigenvalue weighted by atomic mass is 19.1. The molecule has 94 valence electrons. The largest absolute Gasteiger partial charge is 0.314 e. The van der Waals surface area contributed by atoms with Crippen molar-refractivity contribution < 1.29 is 8.78 Å². The monoisotopic (exact) mass is 241 g/mol. The van der Waals surface area contributed by atoms with Gasteiger partial charge in [-0.15, -0.1) is 0 Å². The summed E-state index contributed by atoms with van der Waals surface area (Å²) in [6.07, 6.45) is -0.197. The summed E-state index contributed by atoms with van der Waals surface area (Å²) in [6, 6.07) is 3.74. The van der Waals surface area contributed by atoms with Gasteiger partial charge in [0.15, 0.2) is 0 Å². The Hall–Kier alpha value is -1.04. The van der Waals surface area contributed by atoms with E-state index in [9.17, 15) is 8.78 Å². The van der Waals surface area contributed by atoms with Crippen molar-refractivity contribution in [2.24, 2.45) is 0 Å². The average molecular weight is 241 g/mol. The fourth-order valence-electron chi connectivity index (χ4n) is 2.20. The van der Waals surface area contributed by atoms with Crippen molar-refractivity contribution in [2.45, 2.75) is 6.17 Å². The molecule has 0 bridgehead atoms. The highest BCUT2D eigenvalue weighted by Crippen LogP contribution is 2.21. The summed E-state index contributed by atoms with van der Waals surface area (Å²) in [5, 5.41) is 6.33. The van der Waals surface area contributed by atoms with Crippen LogP contribution in [0.15, 0.2) is 18.2 Å². The van der Waals surface area contributed by atoms with E-state index in [2.05, 4.69) is 15.5 Å². The molecule has 0 amide bonds. The van der Waals surface area contributed by atoms with Crippen molar-refractivity contribution in [3.8, 4) is 0 Å². The van der Waals surface area contributed by atoms with E-state index in [0.29, 0.717) is 5.56 Å². The van der Waals surface area contributed by atoms with Crippen LogP contribution in [0.1, 0.15) is 11.7 Å². The van der Waals surface area contributed by atoms with Crippen LogP contribution in [0, 0.1) is 11.6 Å². The van der Waals surface area contributed by atoms with Gasteiger partial charge in [-0.25, -0.2) is 8.78 Å². The first-order valence-electron chi connectivity index (χ1n) is 5.79. The van der Waals surface area contributed by atoms with E-state index in [1.807, 2.05) is 0 Å². The van der Waals surface area contributed by atoms with Crippen LogP contribution in [0.5, 0.6) is 0 Å². The van der Waals surface area contributed by atoms with Gasteiger partial charge in [-0.05, 0) is 13.1 Å². The summed E-state index contributed by atoms with van der Waals surface area (Å²) < 4.78 is 26.6. The molecule has 5 heteroatoms. The molecule has 0 aromatic heterocycles. The van der Waals surface area contributed by atoms with Crippen LogP contribution in [0.4, 0.5) is 8.78 Å². The lowest BCUT2D eigenvalue weighted by Gasteiger charge is -2.35. The molecule has 0 radical (unpaired) electrons. The number of hydrogen-bond acceptors (Lipinski definition) is 3. The van der Waals surface area contributed by atoms with Crippen molar-refractivity contribution in [1.82, 2.24) is 15.5 Å². The minimum Gasteiger partial charge on any atom is -0.314 e. The maximum absolute atomic E-state index is 13.7. The Morgan fingerprint density at radius 3 is 2.59 bits per heavy atom. The predicted molar refractivity (Wildman–Crippen MR) is 62.6 cm³/mol. The fourth-order valence-corrected chi connectivity index (χ4v) is 2.20. The SMILES string of the molecule is CNC(c1ccc(F)cc1F)N1CCNCC1. The Bertz CT molecular complexity index is 378. The molecule has 1 fully saturated rings. The molecule has 1 unspecified atom stereocenters. The van der Waals surface area contributed by atoms with Gasteiger partial charge in [0.25, 0.3) is 0 Å². The summed E-state index contributed by atoms with van der Waals surface area (Å²) in [5.41, 5.74) is 0.496. The number of nitrogens with zero attached hydrogens (tertiary/aromatic N) is 1. The van der Waals surface area contributed by atoms with E-state index in [1.165, 1.54) is 12.1 Å². The molecule has 1 aliphatic heterocycles. The number of piperazine rings is 1. The first kappa shape index (κ1) is 12.4. The second-order valence-electron chi connectivity index (χ2n) is 4.14.